The average molecular weight is 340 g/mol. The molecule has 4 N–H and O–H groups in total. The Hall–Kier alpha value is -3.16. The fourth-order valence-corrected chi connectivity index (χ4v) is 2.52. The van der Waals surface area contributed by atoms with Crippen molar-refractivity contribution in [3.63, 3.8) is 0 Å². The topological polar surface area (TPSA) is 119 Å². The zero-order valence-corrected chi connectivity index (χ0v) is 13.8. The molecule has 0 radical (unpaired) electrons. The summed E-state index contributed by atoms with van der Waals surface area (Å²) in [5, 5.41) is 8.17. The second-order valence-corrected chi connectivity index (χ2v) is 5.73. The van der Waals surface area contributed by atoms with Crippen LogP contribution in [0.15, 0.2) is 46.6 Å². The summed E-state index contributed by atoms with van der Waals surface area (Å²) in [7, 11) is 0. The minimum Gasteiger partial charge on any atom is -0.406 e. The average Bonchev–Trinajstić information content (AvgIpc) is 2.64. The van der Waals surface area contributed by atoms with Gasteiger partial charge >= 0.3 is 6.09 Å². The van der Waals surface area contributed by atoms with Gasteiger partial charge in [-0.25, -0.2) is 9.78 Å². The minimum absolute atomic E-state index is 0.0431. The number of likely N-dealkylation sites (tertiary alicyclic amines) is 1. The molecule has 25 heavy (non-hydrogen) atoms. The zero-order chi connectivity index (χ0) is 17.6. The van der Waals surface area contributed by atoms with Crippen LogP contribution in [0, 0.1) is 0 Å². The number of rotatable bonds is 3. The molecule has 1 fully saturated rings. The fourth-order valence-electron chi connectivity index (χ4n) is 2.52. The highest BCUT2D eigenvalue weighted by molar-refractivity contribution is 5.75. The van der Waals surface area contributed by atoms with E-state index in [1.807, 2.05) is 30.3 Å². The molecular weight excluding hydrogens is 320 g/mol. The molecule has 130 valence electrons. The first-order chi connectivity index (χ1) is 12.1. The first kappa shape index (κ1) is 16.7. The van der Waals surface area contributed by atoms with Gasteiger partial charge in [-0.3, -0.25) is 0 Å². The van der Waals surface area contributed by atoms with E-state index in [1.165, 1.54) is 6.07 Å². The number of piperidine rings is 1. The minimum atomic E-state index is -0.441. The van der Waals surface area contributed by atoms with Crippen LogP contribution in [0.4, 0.5) is 27.8 Å². The van der Waals surface area contributed by atoms with Gasteiger partial charge in [-0.2, -0.15) is 5.11 Å². The van der Waals surface area contributed by atoms with E-state index in [0.717, 1.165) is 19.3 Å². The van der Waals surface area contributed by atoms with Gasteiger partial charge < -0.3 is 21.1 Å². The molecular formula is C17H20N6O2. The highest BCUT2D eigenvalue weighted by atomic mass is 16.6. The molecule has 3 rings (SSSR count). The molecule has 0 spiro atoms. The number of nitrogen functional groups attached to an aromatic ring is 2. The van der Waals surface area contributed by atoms with Crippen LogP contribution in [0.5, 0.6) is 5.75 Å². The van der Waals surface area contributed by atoms with Gasteiger partial charge in [-0.05, 0) is 31.4 Å². The van der Waals surface area contributed by atoms with E-state index in [0.29, 0.717) is 24.5 Å². The summed E-state index contributed by atoms with van der Waals surface area (Å²) in [6.07, 6.45) is 2.63. The number of carbonyl (C=O) groups excluding carboxylic acids is 1. The zero-order valence-electron chi connectivity index (χ0n) is 13.8. The van der Waals surface area contributed by atoms with Gasteiger partial charge in [-0.15, -0.1) is 5.11 Å². The lowest BCUT2D eigenvalue weighted by atomic mass is 10.1. The number of hydrogen-bond donors (Lipinski definition) is 2. The van der Waals surface area contributed by atoms with E-state index in [2.05, 4.69) is 15.2 Å². The van der Waals surface area contributed by atoms with Crippen LogP contribution in [-0.4, -0.2) is 29.1 Å². The summed E-state index contributed by atoms with van der Waals surface area (Å²) in [4.78, 5) is 17.9. The maximum absolute atomic E-state index is 12.2. The second kappa shape index (κ2) is 7.61. The number of nitrogens with zero attached hydrogens (tertiary/aromatic N) is 4. The molecule has 0 aliphatic carbocycles. The maximum Gasteiger partial charge on any atom is 0.415 e. The normalized spacial score (nSPS) is 14.6. The number of aromatic nitrogens is 1. The van der Waals surface area contributed by atoms with Crippen LogP contribution >= 0.6 is 0 Å². The van der Waals surface area contributed by atoms with Crippen LogP contribution in [0.25, 0.3) is 0 Å². The van der Waals surface area contributed by atoms with Gasteiger partial charge in [0.05, 0.1) is 5.69 Å². The van der Waals surface area contributed by atoms with Crippen LogP contribution in [-0.2, 0) is 0 Å². The van der Waals surface area contributed by atoms with Crippen LogP contribution in [0.3, 0.4) is 0 Å². The quantitative estimate of drug-likeness (QED) is 0.827. The Balaban J connectivity index is 1.78. The first-order valence-corrected chi connectivity index (χ1v) is 8.13. The van der Waals surface area contributed by atoms with Crippen LogP contribution < -0.4 is 16.2 Å². The van der Waals surface area contributed by atoms with Crippen molar-refractivity contribution in [3.05, 3.63) is 36.4 Å². The molecule has 0 atom stereocenters. The van der Waals surface area contributed by atoms with Gasteiger partial charge in [0, 0.05) is 19.2 Å². The van der Waals surface area contributed by atoms with Crippen LogP contribution in [0.2, 0.25) is 0 Å². The number of pyridine rings is 1. The molecule has 8 nitrogen and oxygen atoms in total. The summed E-state index contributed by atoms with van der Waals surface area (Å²) in [5.74, 6) is 0.295. The Labute approximate surface area is 145 Å². The number of anilines is 2. The Bertz CT molecular complexity index is 772. The Kier molecular flexibility index (Phi) is 5.08. The number of benzene rings is 1. The van der Waals surface area contributed by atoms with Crippen molar-refractivity contribution >= 4 is 29.1 Å². The number of carbonyl (C=O) groups is 1. The summed E-state index contributed by atoms with van der Waals surface area (Å²) in [6.45, 7) is 1.36. The fraction of sp³-hybridized carbons (Fsp3) is 0.294. The Morgan fingerprint density at radius 1 is 1.04 bits per heavy atom. The number of nitrogens with two attached hydrogens (primary N) is 2. The van der Waals surface area contributed by atoms with Crippen molar-refractivity contribution in [3.8, 4) is 5.75 Å². The second-order valence-electron chi connectivity index (χ2n) is 5.73. The summed E-state index contributed by atoms with van der Waals surface area (Å²) < 4.78 is 5.37. The highest BCUT2D eigenvalue weighted by Crippen LogP contribution is 2.31. The van der Waals surface area contributed by atoms with Gasteiger partial charge in [0.25, 0.3) is 0 Å². The number of hydrogen-bond acceptors (Lipinski definition) is 7. The third kappa shape index (κ3) is 4.23. The Morgan fingerprint density at radius 3 is 2.48 bits per heavy atom. The smallest absolute Gasteiger partial charge is 0.406 e. The number of amides is 1. The monoisotopic (exact) mass is 340 g/mol. The number of ether oxygens (including phenoxy) is 1. The van der Waals surface area contributed by atoms with E-state index in [-0.39, 0.29) is 17.4 Å². The maximum atomic E-state index is 12.2. The molecule has 8 heteroatoms. The molecule has 1 aliphatic rings. The lowest BCUT2D eigenvalue weighted by molar-refractivity contribution is 0.142. The van der Waals surface area contributed by atoms with Crippen molar-refractivity contribution in [2.45, 2.75) is 19.3 Å². The standard InChI is InChI=1S/C17H20N6O2/c18-15-13(22-21-12-7-3-1-4-8-12)11-14(16(19)20-15)25-17(24)23-9-5-2-6-10-23/h1,3-4,7-8,11H,2,5-6,9-10H2,(H4,18,19,20)/b22-21+. The van der Waals surface area contributed by atoms with Gasteiger partial charge in [0.1, 0.15) is 5.69 Å². The predicted octanol–water partition coefficient (Wildman–Crippen LogP) is 3.65. The lowest BCUT2D eigenvalue weighted by Crippen LogP contribution is -2.37. The molecule has 1 saturated heterocycles. The van der Waals surface area contributed by atoms with Crippen LogP contribution in [0.1, 0.15) is 19.3 Å². The SMILES string of the molecule is Nc1nc(N)c(OC(=O)N2CCCCC2)cc1/N=N/c1ccccc1. The molecule has 1 amide bonds. The third-order valence-electron chi connectivity index (χ3n) is 3.86. The molecule has 1 aromatic carbocycles. The Morgan fingerprint density at radius 2 is 1.76 bits per heavy atom. The van der Waals surface area contributed by atoms with Crippen molar-refractivity contribution < 1.29 is 9.53 Å². The van der Waals surface area contributed by atoms with Gasteiger partial charge in [0.15, 0.2) is 17.4 Å². The van der Waals surface area contributed by atoms with Crippen molar-refractivity contribution in [2.24, 2.45) is 10.2 Å². The molecule has 2 aromatic rings. The summed E-state index contributed by atoms with van der Waals surface area (Å²) >= 11 is 0. The third-order valence-corrected chi connectivity index (χ3v) is 3.86. The molecule has 0 unspecified atom stereocenters. The first-order valence-electron chi connectivity index (χ1n) is 8.13. The summed E-state index contributed by atoms with van der Waals surface area (Å²) in [5.41, 5.74) is 12.6. The number of azo groups is 1. The van der Waals surface area contributed by atoms with Crippen molar-refractivity contribution in [1.29, 1.82) is 0 Å². The van der Waals surface area contributed by atoms with E-state index < -0.39 is 6.09 Å². The lowest BCUT2D eigenvalue weighted by Gasteiger charge is -2.25. The molecule has 0 bridgehead atoms. The van der Waals surface area contributed by atoms with Gasteiger partial charge in [-0.1, -0.05) is 18.2 Å². The largest absolute Gasteiger partial charge is 0.415 e. The van der Waals surface area contributed by atoms with E-state index in [9.17, 15) is 4.79 Å². The molecule has 0 saturated carbocycles. The van der Waals surface area contributed by atoms with Gasteiger partial charge in [0.2, 0.25) is 0 Å². The van der Waals surface area contributed by atoms with E-state index in [1.54, 1.807) is 4.90 Å². The predicted molar refractivity (Wildman–Crippen MR) is 95.1 cm³/mol. The molecule has 1 aliphatic heterocycles. The molecule has 2 heterocycles. The summed E-state index contributed by atoms with van der Waals surface area (Å²) in [6, 6.07) is 10.7. The van der Waals surface area contributed by atoms with E-state index >= 15 is 0 Å². The molecule has 1 aromatic heterocycles. The van der Waals surface area contributed by atoms with Crippen molar-refractivity contribution in [2.75, 3.05) is 24.6 Å². The van der Waals surface area contributed by atoms with E-state index in [4.69, 9.17) is 16.2 Å². The van der Waals surface area contributed by atoms with Crippen molar-refractivity contribution in [1.82, 2.24) is 9.88 Å². The highest BCUT2D eigenvalue weighted by Gasteiger charge is 2.20.